The number of thiocarbonyl (C=S) groups is 1. The molecular formula is C9H11N3OS. The first-order chi connectivity index (χ1) is 6.68. The van der Waals surface area contributed by atoms with Crippen molar-refractivity contribution in [2.45, 2.75) is 6.92 Å². The Hall–Kier alpha value is -1.62. The lowest BCUT2D eigenvalue weighted by molar-refractivity contribution is -0.119. The second-order valence-corrected chi connectivity index (χ2v) is 3.03. The van der Waals surface area contributed by atoms with Gasteiger partial charge in [0.05, 0.1) is 0 Å². The van der Waals surface area contributed by atoms with Crippen LogP contribution in [-0.2, 0) is 4.79 Å². The normalized spacial score (nSPS) is 8.93. The summed E-state index contributed by atoms with van der Waals surface area (Å²) in [7, 11) is 0. The topological polar surface area (TPSA) is 53.2 Å². The van der Waals surface area contributed by atoms with Crippen molar-refractivity contribution in [1.29, 1.82) is 0 Å². The van der Waals surface area contributed by atoms with Gasteiger partial charge in [0.2, 0.25) is 5.91 Å². The number of rotatable bonds is 1. The maximum absolute atomic E-state index is 10.5. The van der Waals surface area contributed by atoms with Crippen molar-refractivity contribution in [2.75, 3.05) is 5.32 Å². The fraction of sp³-hybridized carbons (Fsp3) is 0.111. The van der Waals surface area contributed by atoms with Crippen LogP contribution in [0.3, 0.4) is 0 Å². The number of carbonyl (C=O) groups is 1. The Morgan fingerprint density at radius 3 is 2.43 bits per heavy atom. The largest absolute Gasteiger partial charge is 0.331 e. The predicted molar refractivity (Wildman–Crippen MR) is 59.6 cm³/mol. The van der Waals surface area contributed by atoms with Gasteiger partial charge in [0, 0.05) is 12.6 Å². The summed E-state index contributed by atoms with van der Waals surface area (Å²) in [6.45, 7) is 1.40. The van der Waals surface area contributed by atoms with Crippen LogP contribution >= 0.6 is 12.2 Å². The zero-order chi connectivity index (χ0) is 10.4. The van der Waals surface area contributed by atoms with E-state index in [1.807, 2.05) is 30.3 Å². The van der Waals surface area contributed by atoms with E-state index < -0.39 is 0 Å². The highest BCUT2D eigenvalue weighted by molar-refractivity contribution is 7.80. The Morgan fingerprint density at radius 1 is 1.21 bits per heavy atom. The van der Waals surface area contributed by atoms with E-state index in [1.165, 1.54) is 6.92 Å². The molecule has 5 heteroatoms. The van der Waals surface area contributed by atoms with E-state index in [2.05, 4.69) is 16.2 Å². The molecule has 0 heterocycles. The molecule has 0 radical (unpaired) electrons. The molecule has 1 aromatic carbocycles. The lowest BCUT2D eigenvalue weighted by Gasteiger charge is -2.09. The van der Waals surface area contributed by atoms with Crippen LogP contribution in [0.4, 0.5) is 5.69 Å². The maximum atomic E-state index is 10.5. The minimum Gasteiger partial charge on any atom is -0.331 e. The average molecular weight is 209 g/mol. The van der Waals surface area contributed by atoms with Crippen molar-refractivity contribution in [3.63, 3.8) is 0 Å². The van der Waals surface area contributed by atoms with Gasteiger partial charge >= 0.3 is 0 Å². The van der Waals surface area contributed by atoms with Crippen LogP contribution in [0.2, 0.25) is 0 Å². The second-order valence-electron chi connectivity index (χ2n) is 2.63. The molecule has 4 nitrogen and oxygen atoms in total. The summed E-state index contributed by atoms with van der Waals surface area (Å²) < 4.78 is 0. The summed E-state index contributed by atoms with van der Waals surface area (Å²) in [4.78, 5) is 10.5. The number of hydrazine groups is 1. The van der Waals surface area contributed by atoms with Crippen LogP contribution in [0, 0.1) is 0 Å². The fourth-order valence-corrected chi connectivity index (χ4v) is 0.997. The molecule has 0 saturated carbocycles. The number of hydrogen-bond acceptors (Lipinski definition) is 2. The van der Waals surface area contributed by atoms with Crippen molar-refractivity contribution in [2.24, 2.45) is 0 Å². The molecule has 0 aromatic heterocycles. The van der Waals surface area contributed by atoms with Gasteiger partial charge < -0.3 is 5.32 Å². The third kappa shape index (κ3) is 3.86. The Kier molecular flexibility index (Phi) is 3.87. The molecule has 0 atom stereocenters. The summed E-state index contributed by atoms with van der Waals surface area (Å²) in [5.41, 5.74) is 5.79. The molecule has 1 amide bonds. The lowest BCUT2D eigenvalue weighted by atomic mass is 10.3. The first kappa shape index (κ1) is 10.5. The molecular weight excluding hydrogens is 198 g/mol. The van der Waals surface area contributed by atoms with Crippen molar-refractivity contribution in [3.05, 3.63) is 30.3 Å². The second kappa shape index (κ2) is 5.18. The van der Waals surface area contributed by atoms with Crippen molar-refractivity contribution in [3.8, 4) is 0 Å². The number of hydrogen-bond donors (Lipinski definition) is 3. The smallest absolute Gasteiger partial charge is 0.235 e. The van der Waals surface area contributed by atoms with Gasteiger partial charge in [0.25, 0.3) is 0 Å². The first-order valence-electron chi connectivity index (χ1n) is 4.07. The van der Waals surface area contributed by atoms with Gasteiger partial charge in [-0.1, -0.05) is 18.2 Å². The van der Waals surface area contributed by atoms with Crippen LogP contribution in [0.1, 0.15) is 6.92 Å². The third-order valence-corrected chi connectivity index (χ3v) is 1.59. The van der Waals surface area contributed by atoms with Crippen LogP contribution in [0.5, 0.6) is 0 Å². The van der Waals surface area contributed by atoms with Gasteiger partial charge in [0.15, 0.2) is 5.11 Å². The third-order valence-electron chi connectivity index (χ3n) is 1.38. The standard InChI is InChI=1S/C9H11N3OS/c1-7(13)11-12-9(14)10-8-5-3-2-4-6-8/h2-6H,1H3,(H,11,13)(H2,10,12,14). The minimum atomic E-state index is -0.192. The Morgan fingerprint density at radius 2 is 1.86 bits per heavy atom. The summed E-state index contributed by atoms with van der Waals surface area (Å²) in [6.07, 6.45) is 0. The first-order valence-corrected chi connectivity index (χ1v) is 4.48. The van der Waals surface area contributed by atoms with Crippen LogP contribution in [-0.4, -0.2) is 11.0 Å². The van der Waals surface area contributed by atoms with Crippen LogP contribution in [0.25, 0.3) is 0 Å². The SMILES string of the molecule is CC(=O)NNC(=S)Nc1ccccc1. The maximum Gasteiger partial charge on any atom is 0.235 e. The molecule has 0 saturated heterocycles. The highest BCUT2D eigenvalue weighted by Gasteiger charge is 1.95. The molecule has 1 aromatic rings. The van der Waals surface area contributed by atoms with E-state index in [0.29, 0.717) is 5.11 Å². The number of anilines is 1. The van der Waals surface area contributed by atoms with Crippen LogP contribution < -0.4 is 16.2 Å². The Labute approximate surface area is 87.7 Å². The summed E-state index contributed by atoms with van der Waals surface area (Å²) >= 11 is 4.92. The van der Waals surface area contributed by atoms with Crippen molar-refractivity contribution in [1.82, 2.24) is 10.9 Å². The van der Waals surface area contributed by atoms with Crippen LogP contribution in [0.15, 0.2) is 30.3 Å². The van der Waals surface area contributed by atoms with E-state index in [-0.39, 0.29) is 5.91 Å². The van der Waals surface area contributed by atoms with Gasteiger partial charge in [-0.05, 0) is 24.4 Å². The van der Waals surface area contributed by atoms with E-state index >= 15 is 0 Å². The minimum absolute atomic E-state index is 0.192. The zero-order valence-corrected chi connectivity index (χ0v) is 8.52. The van der Waals surface area contributed by atoms with Gasteiger partial charge in [0.1, 0.15) is 0 Å². The summed E-state index contributed by atoms with van der Waals surface area (Å²) in [5, 5.41) is 3.26. The molecule has 0 aliphatic heterocycles. The monoisotopic (exact) mass is 209 g/mol. The number of benzene rings is 1. The number of nitrogens with one attached hydrogen (secondary N) is 3. The fourth-order valence-electron chi connectivity index (χ4n) is 0.829. The van der Waals surface area contributed by atoms with Gasteiger partial charge in [-0.2, -0.15) is 0 Å². The molecule has 14 heavy (non-hydrogen) atoms. The molecule has 0 aliphatic rings. The molecule has 0 spiro atoms. The van der Waals surface area contributed by atoms with E-state index in [1.54, 1.807) is 0 Å². The molecule has 0 aliphatic carbocycles. The Balaban J connectivity index is 2.38. The van der Waals surface area contributed by atoms with E-state index in [9.17, 15) is 4.79 Å². The molecule has 3 N–H and O–H groups in total. The quantitative estimate of drug-likeness (QED) is 0.477. The Bertz CT molecular complexity index is 326. The molecule has 1 rings (SSSR count). The molecule has 0 bridgehead atoms. The van der Waals surface area contributed by atoms with Gasteiger partial charge in [-0.15, -0.1) is 0 Å². The average Bonchev–Trinajstić information content (AvgIpc) is 2.16. The lowest BCUT2D eigenvalue weighted by Crippen LogP contribution is -2.42. The van der Waals surface area contributed by atoms with E-state index in [0.717, 1.165) is 5.69 Å². The van der Waals surface area contributed by atoms with Gasteiger partial charge in [-0.25, -0.2) is 0 Å². The number of carbonyl (C=O) groups excluding carboxylic acids is 1. The van der Waals surface area contributed by atoms with Crippen molar-refractivity contribution < 1.29 is 4.79 Å². The van der Waals surface area contributed by atoms with E-state index in [4.69, 9.17) is 12.2 Å². The predicted octanol–water partition coefficient (Wildman–Crippen LogP) is 1.02. The zero-order valence-electron chi connectivity index (χ0n) is 7.70. The number of para-hydroxylation sites is 1. The molecule has 0 unspecified atom stereocenters. The molecule has 74 valence electrons. The number of amides is 1. The van der Waals surface area contributed by atoms with Gasteiger partial charge in [-0.3, -0.25) is 15.6 Å². The summed E-state index contributed by atoms with van der Waals surface area (Å²) in [5.74, 6) is -0.192. The summed E-state index contributed by atoms with van der Waals surface area (Å²) in [6, 6.07) is 9.45. The molecule has 0 fully saturated rings. The highest BCUT2D eigenvalue weighted by Crippen LogP contribution is 2.03. The highest BCUT2D eigenvalue weighted by atomic mass is 32.1. The van der Waals surface area contributed by atoms with Crippen molar-refractivity contribution >= 4 is 28.9 Å².